The number of carboxylic acids is 1. The molecule has 0 aromatic carbocycles. The summed E-state index contributed by atoms with van der Waals surface area (Å²) in [4.78, 5) is 28.8. The Hall–Kier alpha value is -2.13. The predicted octanol–water partition coefficient (Wildman–Crippen LogP) is 2.55. The number of carboxylic acid groups (broad SMARTS) is 1. The van der Waals surface area contributed by atoms with Crippen LogP contribution in [0.3, 0.4) is 0 Å². The van der Waals surface area contributed by atoms with Crippen LogP contribution in [0.2, 0.25) is 5.15 Å². The van der Waals surface area contributed by atoms with Gasteiger partial charge in [-0.25, -0.2) is 14.0 Å². The van der Waals surface area contributed by atoms with Crippen LogP contribution in [0, 0.1) is 5.82 Å². The summed E-state index contributed by atoms with van der Waals surface area (Å²) >= 11 is 5.64. The highest BCUT2D eigenvalue weighted by atomic mass is 35.5. The number of aromatic nitrogens is 1. The van der Waals surface area contributed by atoms with E-state index in [0.717, 1.165) is 6.07 Å². The summed E-state index contributed by atoms with van der Waals surface area (Å²) in [6, 6.07) is 0.458. The summed E-state index contributed by atoms with van der Waals surface area (Å²) in [5.74, 6) is -2.61. The molecule has 0 aliphatic carbocycles. The molecule has 2 atom stereocenters. The highest BCUT2D eigenvalue weighted by Gasteiger charge is 2.31. The van der Waals surface area contributed by atoms with Crippen molar-refractivity contribution in [2.75, 3.05) is 19.6 Å². The fraction of sp³-hybridized carbons (Fsp3) is 0.588. The lowest BCUT2D eigenvalue weighted by Crippen LogP contribution is -2.58. The van der Waals surface area contributed by atoms with Gasteiger partial charge in [0.2, 0.25) is 5.88 Å². The smallest absolute Gasteiger partial charge is 0.410 e. The maximum Gasteiger partial charge on any atom is 0.410 e. The zero-order chi connectivity index (χ0) is 20.4. The highest BCUT2D eigenvalue weighted by Crippen LogP contribution is 2.24. The van der Waals surface area contributed by atoms with E-state index in [1.165, 1.54) is 0 Å². The Kier molecular flexibility index (Phi) is 6.48. The Labute approximate surface area is 161 Å². The molecule has 0 radical (unpaired) electrons. The van der Waals surface area contributed by atoms with Crippen LogP contribution in [0.4, 0.5) is 9.18 Å². The van der Waals surface area contributed by atoms with Crippen LogP contribution in [0.5, 0.6) is 5.88 Å². The monoisotopic (exact) mass is 403 g/mol. The van der Waals surface area contributed by atoms with Crippen molar-refractivity contribution >= 4 is 23.7 Å². The molecule has 0 saturated carbocycles. The Morgan fingerprint density at radius 1 is 1.48 bits per heavy atom. The lowest BCUT2D eigenvalue weighted by molar-refractivity contribution is 0.0140. The van der Waals surface area contributed by atoms with Gasteiger partial charge in [0.15, 0.2) is 11.0 Å². The van der Waals surface area contributed by atoms with Gasteiger partial charge in [-0.1, -0.05) is 11.6 Å². The van der Waals surface area contributed by atoms with Gasteiger partial charge < -0.3 is 24.8 Å². The number of aromatic carboxylic acids is 1. The molecule has 2 heterocycles. The summed E-state index contributed by atoms with van der Waals surface area (Å²) in [6.45, 7) is 8.34. The van der Waals surface area contributed by atoms with Gasteiger partial charge >= 0.3 is 12.1 Å². The van der Waals surface area contributed by atoms with Crippen molar-refractivity contribution in [2.45, 2.75) is 45.4 Å². The predicted molar refractivity (Wildman–Crippen MR) is 95.9 cm³/mol. The molecule has 2 N–H and O–H groups in total. The number of hydrogen-bond acceptors (Lipinski definition) is 6. The van der Waals surface area contributed by atoms with Crippen LogP contribution in [-0.2, 0) is 4.74 Å². The van der Waals surface area contributed by atoms with Crippen molar-refractivity contribution in [3.8, 4) is 5.88 Å². The molecule has 150 valence electrons. The molecule has 1 aromatic rings. The van der Waals surface area contributed by atoms with Gasteiger partial charge in [0.25, 0.3) is 0 Å². The largest absolute Gasteiger partial charge is 0.477 e. The van der Waals surface area contributed by atoms with Gasteiger partial charge in [0, 0.05) is 19.6 Å². The quantitative estimate of drug-likeness (QED) is 0.745. The molecule has 1 amide bonds. The highest BCUT2D eigenvalue weighted by molar-refractivity contribution is 6.29. The number of amides is 1. The first-order valence-electron chi connectivity index (χ1n) is 8.45. The molecule has 0 spiro atoms. The van der Waals surface area contributed by atoms with Crippen LogP contribution in [0.1, 0.15) is 38.1 Å². The minimum absolute atomic E-state index is 0.280. The normalized spacial score (nSPS) is 18.7. The lowest BCUT2D eigenvalue weighted by atomic mass is 10.1. The van der Waals surface area contributed by atoms with Crippen molar-refractivity contribution in [1.29, 1.82) is 0 Å². The zero-order valence-corrected chi connectivity index (χ0v) is 16.3. The molecule has 27 heavy (non-hydrogen) atoms. The fourth-order valence-electron chi connectivity index (χ4n) is 2.54. The average molecular weight is 404 g/mol. The first-order chi connectivity index (χ1) is 12.5. The molecule has 1 aliphatic rings. The van der Waals surface area contributed by atoms with Crippen molar-refractivity contribution < 1.29 is 28.6 Å². The molecule has 0 unspecified atom stereocenters. The van der Waals surface area contributed by atoms with E-state index in [1.54, 1.807) is 32.6 Å². The second kappa shape index (κ2) is 8.26. The SMILES string of the molecule is C[C@H](Oc1nc(Cl)c(F)cc1C(=O)O)[C@@H]1CN(C(=O)OC(C)(C)C)CCN1. The fourth-order valence-corrected chi connectivity index (χ4v) is 2.67. The van der Waals surface area contributed by atoms with Gasteiger partial charge in [-0.3, -0.25) is 0 Å². The zero-order valence-electron chi connectivity index (χ0n) is 15.6. The minimum Gasteiger partial charge on any atom is -0.477 e. The average Bonchev–Trinajstić information content (AvgIpc) is 2.56. The van der Waals surface area contributed by atoms with E-state index in [4.69, 9.17) is 21.1 Å². The number of nitrogens with zero attached hydrogens (tertiary/aromatic N) is 2. The van der Waals surface area contributed by atoms with E-state index in [2.05, 4.69) is 10.3 Å². The summed E-state index contributed by atoms with van der Waals surface area (Å²) in [6.07, 6.45) is -1.00. The number of hydrogen-bond donors (Lipinski definition) is 2. The molecule has 8 nitrogen and oxygen atoms in total. The van der Waals surface area contributed by atoms with E-state index >= 15 is 0 Å². The number of rotatable bonds is 4. The Morgan fingerprint density at radius 2 is 2.15 bits per heavy atom. The van der Waals surface area contributed by atoms with Gasteiger partial charge in [0.1, 0.15) is 17.3 Å². The number of carbonyl (C=O) groups is 2. The summed E-state index contributed by atoms with van der Waals surface area (Å²) < 4.78 is 24.5. The molecular weight excluding hydrogens is 381 g/mol. The number of pyridine rings is 1. The van der Waals surface area contributed by atoms with Gasteiger partial charge in [-0.05, 0) is 33.8 Å². The summed E-state index contributed by atoms with van der Waals surface area (Å²) in [5, 5.41) is 11.9. The second-order valence-corrected chi connectivity index (χ2v) is 7.59. The van der Waals surface area contributed by atoms with Crippen molar-refractivity contribution in [1.82, 2.24) is 15.2 Å². The third-order valence-corrected chi connectivity index (χ3v) is 4.11. The maximum atomic E-state index is 13.5. The molecule has 1 fully saturated rings. The summed E-state index contributed by atoms with van der Waals surface area (Å²) in [7, 11) is 0. The van der Waals surface area contributed by atoms with E-state index in [1.807, 2.05) is 0 Å². The van der Waals surface area contributed by atoms with Crippen LogP contribution in [-0.4, -0.2) is 64.4 Å². The number of piperazine rings is 1. The van der Waals surface area contributed by atoms with Gasteiger partial charge in [-0.15, -0.1) is 0 Å². The number of nitrogens with one attached hydrogen (secondary N) is 1. The molecule has 0 bridgehead atoms. The standard InChI is InChI=1S/C17H23ClFN3O5/c1-9(26-14-10(15(23)24)7-11(19)13(18)21-14)12-8-22(6-5-20-12)16(25)27-17(2,3)4/h7,9,12,20H,5-6,8H2,1-4H3,(H,23,24)/t9-,12-/m0/s1. The van der Waals surface area contributed by atoms with Crippen molar-refractivity contribution in [3.63, 3.8) is 0 Å². The molecule has 10 heteroatoms. The molecule has 1 aliphatic heterocycles. The van der Waals surface area contributed by atoms with E-state index in [9.17, 15) is 19.1 Å². The number of halogens is 2. The van der Waals surface area contributed by atoms with Crippen LogP contribution < -0.4 is 10.1 Å². The molecular formula is C17H23ClFN3O5. The molecule has 2 rings (SSSR count). The van der Waals surface area contributed by atoms with Crippen molar-refractivity contribution in [2.24, 2.45) is 0 Å². The molecule has 1 saturated heterocycles. The van der Waals surface area contributed by atoms with Crippen molar-refractivity contribution in [3.05, 3.63) is 22.6 Å². The minimum atomic E-state index is -1.38. The Balaban J connectivity index is 2.10. The van der Waals surface area contributed by atoms with E-state index in [-0.39, 0.29) is 11.9 Å². The van der Waals surface area contributed by atoms with Crippen LogP contribution in [0.25, 0.3) is 0 Å². The lowest BCUT2D eigenvalue weighted by Gasteiger charge is -2.37. The van der Waals surface area contributed by atoms with Crippen LogP contribution >= 0.6 is 11.6 Å². The first-order valence-corrected chi connectivity index (χ1v) is 8.83. The first kappa shape index (κ1) is 21.2. The third kappa shape index (κ3) is 5.67. The van der Waals surface area contributed by atoms with E-state index < -0.39 is 40.3 Å². The molecule has 1 aromatic heterocycles. The Morgan fingerprint density at radius 3 is 2.74 bits per heavy atom. The van der Waals surface area contributed by atoms with E-state index in [0.29, 0.717) is 19.6 Å². The maximum absolute atomic E-state index is 13.5. The number of carbonyl (C=O) groups excluding carboxylic acids is 1. The Bertz CT molecular complexity index is 725. The second-order valence-electron chi connectivity index (χ2n) is 7.23. The third-order valence-electron chi connectivity index (χ3n) is 3.85. The van der Waals surface area contributed by atoms with Gasteiger partial charge in [-0.2, -0.15) is 4.98 Å². The topological polar surface area (TPSA) is 101 Å². The number of ether oxygens (including phenoxy) is 2. The summed E-state index contributed by atoms with van der Waals surface area (Å²) in [5.41, 5.74) is -1.03. The van der Waals surface area contributed by atoms with Crippen LogP contribution in [0.15, 0.2) is 6.07 Å². The van der Waals surface area contributed by atoms with Gasteiger partial charge in [0.05, 0.1) is 6.04 Å².